The fourth-order valence-electron chi connectivity index (χ4n) is 2.96. The molecule has 144 valence electrons. The predicted octanol–water partition coefficient (Wildman–Crippen LogP) is 1.72. The van der Waals surface area contributed by atoms with Gasteiger partial charge in [0, 0.05) is 6.61 Å². The van der Waals surface area contributed by atoms with Gasteiger partial charge >= 0.3 is 0 Å². The maximum Gasteiger partial charge on any atom is 0.184 e. The standard InChI is InChI=1S/C18H36O6/c1-2-3-4-5-6-7-8-9-10-11-12-23-13-14-15(19)16(20)17(21)18(22)24-14/h14-22H,2-13H2,1H3/t14-,15+,16+,17-,18+/m1/s1. The summed E-state index contributed by atoms with van der Waals surface area (Å²) in [6.45, 7) is 2.90. The van der Waals surface area contributed by atoms with Crippen LogP contribution in [0.3, 0.4) is 0 Å². The van der Waals surface area contributed by atoms with Gasteiger partial charge in [0.05, 0.1) is 6.61 Å². The van der Waals surface area contributed by atoms with Crippen molar-refractivity contribution in [3.63, 3.8) is 0 Å². The molecule has 0 aromatic heterocycles. The van der Waals surface area contributed by atoms with Gasteiger partial charge in [-0.25, -0.2) is 0 Å². The highest BCUT2D eigenvalue weighted by molar-refractivity contribution is 4.88. The summed E-state index contributed by atoms with van der Waals surface area (Å²) in [6.07, 6.45) is 6.09. The van der Waals surface area contributed by atoms with Gasteiger partial charge in [-0.15, -0.1) is 0 Å². The summed E-state index contributed by atoms with van der Waals surface area (Å²) in [5.74, 6) is 0. The molecule has 5 atom stereocenters. The highest BCUT2D eigenvalue weighted by Crippen LogP contribution is 2.20. The smallest absolute Gasteiger partial charge is 0.184 e. The Kier molecular flexibility index (Phi) is 11.8. The minimum Gasteiger partial charge on any atom is -0.387 e. The molecular formula is C18H36O6. The van der Waals surface area contributed by atoms with Crippen LogP contribution in [0.5, 0.6) is 0 Å². The van der Waals surface area contributed by atoms with E-state index in [0.29, 0.717) is 6.61 Å². The van der Waals surface area contributed by atoms with Crippen LogP contribution in [0, 0.1) is 0 Å². The van der Waals surface area contributed by atoms with Gasteiger partial charge < -0.3 is 29.9 Å². The number of rotatable bonds is 13. The van der Waals surface area contributed by atoms with Crippen LogP contribution in [-0.4, -0.2) is 64.3 Å². The van der Waals surface area contributed by atoms with Gasteiger partial charge in [-0.05, 0) is 6.42 Å². The maximum absolute atomic E-state index is 9.78. The summed E-state index contributed by atoms with van der Waals surface area (Å²) >= 11 is 0. The summed E-state index contributed by atoms with van der Waals surface area (Å²) in [7, 11) is 0. The van der Waals surface area contributed by atoms with Crippen LogP contribution in [-0.2, 0) is 9.47 Å². The molecule has 1 aliphatic rings. The molecule has 1 rings (SSSR count). The first kappa shape index (κ1) is 21.8. The molecule has 0 aliphatic carbocycles. The van der Waals surface area contributed by atoms with Crippen molar-refractivity contribution in [2.75, 3.05) is 13.2 Å². The zero-order valence-corrected chi connectivity index (χ0v) is 15.0. The van der Waals surface area contributed by atoms with Gasteiger partial charge in [0.25, 0.3) is 0 Å². The summed E-state index contributed by atoms with van der Waals surface area (Å²) in [4.78, 5) is 0. The SMILES string of the molecule is CCCCCCCCCCCCOC[C@H]1O[C@H](O)[C@H](O)[C@@H](O)[C@H]1O. The average molecular weight is 348 g/mol. The molecule has 0 aromatic carbocycles. The number of hydrogen-bond donors (Lipinski definition) is 4. The van der Waals surface area contributed by atoms with E-state index in [-0.39, 0.29) is 6.61 Å². The summed E-state index contributed by atoms with van der Waals surface area (Å²) in [5.41, 5.74) is 0. The third-order valence-corrected chi connectivity index (χ3v) is 4.61. The van der Waals surface area contributed by atoms with Gasteiger partial charge in [-0.1, -0.05) is 64.7 Å². The molecule has 4 N–H and O–H groups in total. The van der Waals surface area contributed by atoms with Gasteiger partial charge in [0.2, 0.25) is 0 Å². The van der Waals surface area contributed by atoms with Crippen molar-refractivity contribution in [3.8, 4) is 0 Å². The first-order chi connectivity index (χ1) is 11.6. The predicted molar refractivity (Wildman–Crippen MR) is 91.6 cm³/mol. The molecule has 0 amide bonds. The molecule has 1 aliphatic heterocycles. The summed E-state index contributed by atoms with van der Waals surface area (Å²) in [6, 6.07) is 0. The lowest BCUT2D eigenvalue weighted by Gasteiger charge is -2.38. The van der Waals surface area contributed by atoms with Crippen LogP contribution < -0.4 is 0 Å². The van der Waals surface area contributed by atoms with Gasteiger partial charge in [0.1, 0.15) is 24.4 Å². The molecule has 0 aromatic rings. The maximum atomic E-state index is 9.78. The van der Waals surface area contributed by atoms with E-state index in [4.69, 9.17) is 9.47 Å². The minimum atomic E-state index is -1.49. The van der Waals surface area contributed by atoms with E-state index < -0.39 is 30.7 Å². The largest absolute Gasteiger partial charge is 0.387 e. The normalized spacial score (nSPS) is 30.6. The van der Waals surface area contributed by atoms with Crippen molar-refractivity contribution >= 4 is 0 Å². The number of unbranched alkanes of at least 4 members (excludes halogenated alkanes) is 9. The van der Waals surface area contributed by atoms with E-state index in [9.17, 15) is 20.4 Å². The Morgan fingerprint density at radius 1 is 0.708 bits per heavy atom. The van der Waals surface area contributed by atoms with E-state index in [1.165, 1.54) is 51.4 Å². The Hall–Kier alpha value is -0.240. The third-order valence-electron chi connectivity index (χ3n) is 4.61. The average Bonchev–Trinajstić information content (AvgIpc) is 2.58. The van der Waals surface area contributed by atoms with Crippen molar-refractivity contribution in [2.24, 2.45) is 0 Å². The lowest BCUT2D eigenvalue weighted by Crippen LogP contribution is -2.58. The van der Waals surface area contributed by atoms with Crippen LogP contribution in [0.4, 0.5) is 0 Å². The monoisotopic (exact) mass is 348 g/mol. The third kappa shape index (κ3) is 8.23. The molecule has 0 bridgehead atoms. The van der Waals surface area contributed by atoms with Crippen molar-refractivity contribution in [2.45, 2.75) is 102 Å². The van der Waals surface area contributed by atoms with E-state index in [1.807, 2.05) is 0 Å². The Bertz CT molecular complexity index is 301. The second kappa shape index (κ2) is 13.0. The van der Waals surface area contributed by atoms with Crippen LogP contribution >= 0.6 is 0 Å². The summed E-state index contributed by atoms with van der Waals surface area (Å²) in [5, 5.41) is 38.2. The molecule has 6 nitrogen and oxygen atoms in total. The highest BCUT2D eigenvalue weighted by Gasteiger charge is 2.42. The van der Waals surface area contributed by atoms with Gasteiger partial charge in [-0.2, -0.15) is 0 Å². The van der Waals surface area contributed by atoms with E-state index in [2.05, 4.69) is 6.92 Å². The van der Waals surface area contributed by atoms with Crippen LogP contribution in [0.2, 0.25) is 0 Å². The molecule has 0 spiro atoms. The molecule has 1 heterocycles. The Labute approximate surface area is 145 Å². The summed E-state index contributed by atoms with van der Waals surface area (Å²) < 4.78 is 10.5. The van der Waals surface area contributed by atoms with Crippen molar-refractivity contribution < 1.29 is 29.9 Å². The molecule has 0 radical (unpaired) electrons. The van der Waals surface area contributed by atoms with E-state index >= 15 is 0 Å². The second-order valence-corrected chi connectivity index (χ2v) is 6.79. The lowest BCUT2D eigenvalue weighted by atomic mass is 9.99. The van der Waals surface area contributed by atoms with E-state index in [0.717, 1.165) is 12.8 Å². The molecular weight excluding hydrogens is 312 g/mol. The Balaban J connectivity index is 1.93. The lowest BCUT2D eigenvalue weighted by molar-refractivity contribution is -0.288. The molecule has 0 unspecified atom stereocenters. The van der Waals surface area contributed by atoms with Crippen molar-refractivity contribution in [3.05, 3.63) is 0 Å². The first-order valence-electron chi connectivity index (χ1n) is 9.53. The first-order valence-corrected chi connectivity index (χ1v) is 9.53. The number of ether oxygens (including phenoxy) is 2. The van der Waals surface area contributed by atoms with Crippen molar-refractivity contribution in [1.82, 2.24) is 0 Å². The molecule has 6 heteroatoms. The van der Waals surface area contributed by atoms with Gasteiger partial charge in [-0.3, -0.25) is 0 Å². The quantitative estimate of drug-likeness (QED) is 0.378. The number of aliphatic hydroxyl groups excluding tert-OH is 4. The second-order valence-electron chi connectivity index (χ2n) is 6.79. The van der Waals surface area contributed by atoms with Crippen LogP contribution in [0.25, 0.3) is 0 Å². The Morgan fingerprint density at radius 3 is 1.83 bits per heavy atom. The van der Waals surface area contributed by atoms with Crippen LogP contribution in [0.1, 0.15) is 71.1 Å². The number of hydrogen-bond acceptors (Lipinski definition) is 6. The minimum absolute atomic E-state index is 0.0967. The highest BCUT2D eigenvalue weighted by atomic mass is 16.6. The Morgan fingerprint density at radius 2 is 1.25 bits per heavy atom. The molecule has 0 saturated carbocycles. The molecule has 24 heavy (non-hydrogen) atoms. The van der Waals surface area contributed by atoms with Crippen LogP contribution in [0.15, 0.2) is 0 Å². The number of aliphatic hydroxyl groups is 4. The zero-order valence-electron chi connectivity index (χ0n) is 15.0. The van der Waals surface area contributed by atoms with Crippen molar-refractivity contribution in [1.29, 1.82) is 0 Å². The zero-order chi connectivity index (χ0) is 17.8. The fourth-order valence-corrected chi connectivity index (χ4v) is 2.96. The topological polar surface area (TPSA) is 99.4 Å². The molecule has 1 fully saturated rings. The van der Waals surface area contributed by atoms with Gasteiger partial charge in [0.15, 0.2) is 6.29 Å². The fraction of sp³-hybridized carbons (Fsp3) is 1.00. The van der Waals surface area contributed by atoms with E-state index in [1.54, 1.807) is 0 Å². The molecule has 1 saturated heterocycles.